The van der Waals surface area contributed by atoms with Gasteiger partial charge in [-0.25, -0.2) is 4.98 Å². The van der Waals surface area contributed by atoms with Crippen LogP contribution in [0.5, 0.6) is 0 Å². The molecule has 0 radical (unpaired) electrons. The lowest BCUT2D eigenvalue weighted by Crippen LogP contribution is -2.40. The van der Waals surface area contributed by atoms with Crippen LogP contribution >= 0.6 is 0 Å². The first-order valence-electron chi connectivity index (χ1n) is 7.79. The number of nitrogens with zero attached hydrogens (tertiary/aromatic N) is 1. The molecule has 2 N–H and O–H groups in total. The molecule has 1 aromatic rings. The molecule has 0 aromatic carbocycles. The van der Waals surface area contributed by atoms with Crippen molar-refractivity contribution < 1.29 is 9.53 Å². The number of hydrogen-bond donors (Lipinski definition) is 2. The zero-order valence-corrected chi connectivity index (χ0v) is 12.9. The number of ether oxygens (including phenoxy) is 1. The number of hydrogen-bond acceptors (Lipinski definition) is 4. The van der Waals surface area contributed by atoms with Gasteiger partial charge in [0.15, 0.2) is 0 Å². The fourth-order valence-corrected chi connectivity index (χ4v) is 2.52. The van der Waals surface area contributed by atoms with Gasteiger partial charge in [-0.1, -0.05) is 6.92 Å². The van der Waals surface area contributed by atoms with Crippen LogP contribution in [0.3, 0.4) is 0 Å². The molecule has 0 bridgehead atoms. The predicted molar refractivity (Wildman–Crippen MR) is 83.5 cm³/mol. The zero-order chi connectivity index (χ0) is 15.1. The second-order valence-corrected chi connectivity index (χ2v) is 5.57. The van der Waals surface area contributed by atoms with Gasteiger partial charge in [0.1, 0.15) is 5.69 Å². The van der Waals surface area contributed by atoms with Crippen LogP contribution in [0.4, 0.5) is 5.69 Å². The molecule has 1 atom stereocenters. The zero-order valence-electron chi connectivity index (χ0n) is 12.9. The van der Waals surface area contributed by atoms with Crippen LogP contribution < -0.4 is 10.6 Å². The van der Waals surface area contributed by atoms with Crippen LogP contribution in [-0.2, 0) is 4.74 Å². The molecular weight excluding hydrogens is 266 g/mol. The fraction of sp³-hybridized carbons (Fsp3) is 0.625. The van der Waals surface area contributed by atoms with Crippen molar-refractivity contribution in [2.45, 2.75) is 39.2 Å². The second-order valence-electron chi connectivity index (χ2n) is 5.57. The first-order valence-corrected chi connectivity index (χ1v) is 7.79. The van der Waals surface area contributed by atoms with E-state index in [1.807, 2.05) is 6.07 Å². The van der Waals surface area contributed by atoms with Gasteiger partial charge in [0.25, 0.3) is 5.91 Å². The van der Waals surface area contributed by atoms with Gasteiger partial charge >= 0.3 is 0 Å². The molecule has 1 aromatic heterocycles. The van der Waals surface area contributed by atoms with E-state index in [1.165, 1.54) is 0 Å². The summed E-state index contributed by atoms with van der Waals surface area (Å²) in [6, 6.07) is 3.82. The minimum atomic E-state index is -0.101. The van der Waals surface area contributed by atoms with Gasteiger partial charge in [-0.15, -0.1) is 0 Å². The summed E-state index contributed by atoms with van der Waals surface area (Å²) in [6.45, 7) is 6.67. The lowest BCUT2D eigenvalue weighted by molar-refractivity contribution is 0.0537. The second kappa shape index (κ2) is 7.98. The lowest BCUT2D eigenvalue weighted by atomic mass is 9.93. The van der Waals surface area contributed by atoms with E-state index in [-0.39, 0.29) is 11.9 Å². The Morgan fingerprint density at radius 1 is 1.43 bits per heavy atom. The number of nitrogens with one attached hydrogen (secondary N) is 2. The van der Waals surface area contributed by atoms with Gasteiger partial charge in [-0.2, -0.15) is 0 Å². The highest BCUT2D eigenvalue weighted by molar-refractivity contribution is 5.92. The molecule has 5 nitrogen and oxygen atoms in total. The van der Waals surface area contributed by atoms with Crippen molar-refractivity contribution in [3.8, 4) is 0 Å². The van der Waals surface area contributed by atoms with E-state index < -0.39 is 0 Å². The Kier molecular flexibility index (Phi) is 5.99. The molecule has 1 saturated heterocycles. The molecule has 1 aliphatic rings. The SMILES string of the molecule is CCCNc1ccc(C(=O)NC(C)C2CCOCC2)nc1. The standard InChI is InChI=1S/C16H25N3O2/c1-3-8-17-14-4-5-15(18-11-14)16(20)19-12(2)13-6-9-21-10-7-13/h4-5,11-13,17H,3,6-10H2,1-2H3,(H,19,20). The number of pyridine rings is 1. The minimum absolute atomic E-state index is 0.101. The number of aromatic nitrogens is 1. The van der Waals surface area contributed by atoms with E-state index in [0.717, 1.165) is 44.7 Å². The summed E-state index contributed by atoms with van der Waals surface area (Å²) in [5.41, 5.74) is 1.42. The largest absolute Gasteiger partial charge is 0.384 e. The van der Waals surface area contributed by atoms with Crippen molar-refractivity contribution in [2.24, 2.45) is 5.92 Å². The molecule has 0 spiro atoms. The summed E-state index contributed by atoms with van der Waals surface area (Å²) >= 11 is 0. The average molecular weight is 291 g/mol. The minimum Gasteiger partial charge on any atom is -0.384 e. The fourth-order valence-electron chi connectivity index (χ4n) is 2.52. The van der Waals surface area contributed by atoms with E-state index in [1.54, 1.807) is 12.3 Å². The number of carbonyl (C=O) groups is 1. The molecule has 1 fully saturated rings. The molecule has 0 saturated carbocycles. The molecule has 5 heteroatoms. The Bertz CT molecular complexity index is 441. The third-order valence-electron chi connectivity index (χ3n) is 3.91. The molecule has 2 heterocycles. The summed E-state index contributed by atoms with van der Waals surface area (Å²) < 4.78 is 5.35. The lowest BCUT2D eigenvalue weighted by Gasteiger charge is -2.28. The van der Waals surface area contributed by atoms with Gasteiger partial charge in [-0.05, 0) is 44.2 Å². The van der Waals surface area contributed by atoms with E-state index >= 15 is 0 Å². The summed E-state index contributed by atoms with van der Waals surface area (Å²) in [5, 5.41) is 6.30. The van der Waals surface area contributed by atoms with Gasteiger partial charge < -0.3 is 15.4 Å². The first-order chi connectivity index (χ1) is 10.2. The topological polar surface area (TPSA) is 63.2 Å². The van der Waals surface area contributed by atoms with Crippen LogP contribution in [0.1, 0.15) is 43.6 Å². The van der Waals surface area contributed by atoms with Crippen LogP contribution in [0.15, 0.2) is 18.3 Å². The molecule has 0 aliphatic carbocycles. The molecule has 2 rings (SSSR count). The number of carbonyl (C=O) groups excluding carboxylic acids is 1. The molecule has 1 amide bonds. The van der Waals surface area contributed by atoms with Gasteiger partial charge in [0.2, 0.25) is 0 Å². The van der Waals surface area contributed by atoms with Crippen molar-refractivity contribution in [2.75, 3.05) is 25.1 Å². The Morgan fingerprint density at radius 2 is 2.19 bits per heavy atom. The normalized spacial score (nSPS) is 17.2. The monoisotopic (exact) mass is 291 g/mol. The Morgan fingerprint density at radius 3 is 2.81 bits per heavy atom. The Labute approximate surface area is 126 Å². The highest BCUT2D eigenvalue weighted by atomic mass is 16.5. The maximum atomic E-state index is 12.2. The molecule has 116 valence electrons. The van der Waals surface area contributed by atoms with E-state index in [9.17, 15) is 4.79 Å². The highest BCUT2D eigenvalue weighted by Crippen LogP contribution is 2.18. The van der Waals surface area contributed by atoms with Crippen LogP contribution in [0.2, 0.25) is 0 Å². The average Bonchev–Trinajstić information content (AvgIpc) is 2.54. The maximum absolute atomic E-state index is 12.2. The maximum Gasteiger partial charge on any atom is 0.270 e. The Balaban J connectivity index is 1.87. The first kappa shape index (κ1) is 15.8. The van der Waals surface area contributed by atoms with Crippen LogP contribution in [0.25, 0.3) is 0 Å². The smallest absolute Gasteiger partial charge is 0.270 e. The van der Waals surface area contributed by atoms with Crippen molar-refractivity contribution in [3.63, 3.8) is 0 Å². The number of anilines is 1. The van der Waals surface area contributed by atoms with Crippen molar-refractivity contribution in [1.82, 2.24) is 10.3 Å². The van der Waals surface area contributed by atoms with E-state index in [0.29, 0.717) is 11.6 Å². The number of amides is 1. The molecular formula is C16H25N3O2. The van der Waals surface area contributed by atoms with Crippen molar-refractivity contribution >= 4 is 11.6 Å². The van der Waals surface area contributed by atoms with Gasteiger partial charge in [-0.3, -0.25) is 4.79 Å². The van der Waals surface area contributed by atoms with Crippen molar-refractivity contribution in [1.29, 1.82) is 0 Å². The third-order valence-corrected chi connectivity index (χ3v) is 3.91. The van der Waals surface area contributed by atoms with Crippen LogP contribution in [-0.4, -0.2) is 36.7 Å². The van der Waals surface area contributed by atoms with E-state index in [2.05, 4.69) is 29.5 Å². The molecule has 21 heavy (non-hydrogen) atoms. The quantitative estimate of drug-likeness (QED) is 0.845. The summed E-state index contributed by atoms with van der Waals surface area (Å²) in [4.78, 5) is 16.4. The van der Waals surface area contributed by atoms with Crippen molar-refractivity contribution in [3.05, 3.63) is 24.0 Å². The Hall–Kier alpha value is -1.62. The van der Waals surface area contributed by atoms with Gasteiger partial charge in [0, 0.05) is 25.8 Å². The third kappa shape index (κ3) is 4.70. The molecule has 1 aliphatic heterocycles. The highest BCUT2D eigenvalue weighted by Gasteiger charge is 2.22. The number of rotatable bonds is 6. The summed E-state index contributed by atoms with van der Waals surface area (Å²) in [7, 11) is 0. The van der Waals surface area contributed by atoms with Crippen LogP contribution in [0, 0.1) is 5.92 Å². The summed E-state index contributed by atoms with van der Waals surface area (Å²) in [6.07, 6.45) is 4.79. The van der Waals surface area contributed by atoms with E-state index in [4.69, 9.17) is 4.74 Å². The molecule has 1 unspecified atom stereocenters. The predicted octanol–water partition coefficient (Wildman–Crippen LogP) is 2.45. The van der Waals surface area contributed by atoms with Gasteiger partial charge in [0.05, 0.1) is 11.9 Å². The summed E-state index contributed by atoms with van der Waals surface area (Å²) in [5.74, 6) is 0.393.